The van der Waals surface area contributed by atoms with Gasteiger partial charge in [-0.05, 0) is 36.6 Å². The van der Waals surface area contributed by atoms with Crippen LogP contribution in [0.1, 0.15) is 18.1 Å². The molecule has 0 spiro atoms. The second kappa shape index (κ2) is 4.84. The molecule has 0 heterocycles. The van der Waals surface area contributed by atoms with E-state index in [9.17, 15) is 0 Å². The van der Waals surface area contributed by atoms with Crippen molar-refractivity contribution in [3.63, 3.8) is 0 Å². The van der Waals surface area contributed by atoms with Crippen LogP contribution in [0.5, 0.6) is 0 Å². The molecule has 1 N–H and O–H groups in total. The molecule has 0 fully saturated rings. The first-order valence-corrected chi connectivity index (χ1v) is 5.60. The van der Waals surface area contributed by atoms with Gasteiger partial charge in [0.25, 0.3) is 0 Å². The molecule has 16 heavy (non-hydrogen) atoms. The van der Waals surface area contributed by atoms with Gasteiger partial charge in [0.15, 0.2) is 0 Å². The third kappa shape index (κ3) is 2.63. The molecule has 1 nitrogen and oxygen atoms in total. The molecule has 2 aromatic rings. The maximum absolute atomic E-state index is 3.13. The second-order valence-corrected chi connectivity index (χ2v) is 4.11. The van der Waals surface area contributed by atoms with Crippen molar-refractivity contribution in [2.75, 3.05) is 12.4 Å². The zero-order valence-electron chi connectivity index (χ0n) is 9.83. The van der Waals surface area contributed by atoms with Gasteiger partial charge in [-0.15, -0.1) is 0 Å². The molecule has 0 aliphatic carbocycles. The standard InChI is InChI=1S/C15H17N.H2/c1-12-3-5-13(6-4-12)11-14-7-9-15(16-2)10-8-14;/h3-10,16H,11H2,1-2H3;1H. The van der Waals surface area contributed by atoms with Gasteiger partial charge in [0.2, 0.25) is 0 Å². The van der Waals surface area contributed by atoms with Crippen LogP contribution >= 0.6 is 0 Å². The van der Waals surface area contributed by atoms with Crippen molar-refractivity contribution < 1.29 is 1.43 Å². The zero-order valence-corrected chi connectivity index (χ0v) is 9.83. The highest BCUT2D eigenvalue weighted by Gasteiger charge is 1.96. The van der Waals surface area contributed by atoms with E-state index in [4.69, 9.17) is 0 Å². The molecule has 0 aliphatic rings. The van der Waals surface area contributed by atoms with Gasteiger partial charge in [-0.25, -0.2) is 0 Å². The number of hydrogen-bond donors (Lipinski definition) is 1. The van der Waals surface area contributed by atoms with Gasteiger partial charge < -0.3 is 5.32 Å². The number of rotatable bonds is 3. The summed E-state index contributed by atoms with van der Waals surface area (Å²) in [5, 5.41) is 3.13. The first-order valence-electron chi connectivity index (χ1n) is 5.60. The summed E-state index contributed by atoms with van der Waals surface area (Å²) in [5.74, 6) is 0. The van der Waals surface area contributed by atoms with Crippen LogP contribution in [-0.2, 0) is 6.42 Å². The van der Waals surface area contributed by atoms with E-state index < -0.39 is 0 Å². The van der Waals surface area contributed by atoms with Gasteiger partial charge in [0.1, 0.15) is 0 Å². The fourth-order valence-electron chi connectivity index (χ4n) is 1.73. The van der Waals surface area contributed by atoms with E-state index in [2.05, 4.69) is 60.8 Å². The van der Waals surface area contributed by atoms with Gasteiger partial charge in [-0.1, -0.05) is 42.0 Å². The van der Waals surface area contributed by atoms with Gasteiger partial charge in [0, 0.05) is 14.2 Å². The van der Waals surface area contributed by atoms with Crippen LogP contribution in [0.2, 0.25) is 0 Å². The Labute approximate surface area is 98.6 Å². The van der Waals surface area contributed by atoms with Crippen LogP contribution < -0.4 is 5.32 Å². The Morgan fingerprint density at radius 3 is 1.88 bits per heavy atom. The lowest BCUT2D eigenvalue weighted by atomic mass is 10.0. The molecular weight excluding hydrogens is 194 g/mol. The Morgan fingerprint density at radius 1 is 0.875 bits per heavy atom. The Morgan fingerprint density at radius 2 is 1.38 bits per heavy atom. The number of benzene rings is 2. The molecule has 0 radical (unpaired) electrons. The monoisotopic (exact) mass is 213 g/mol. The number of hydrogen-bond acceptors (Lipinski definition) is 1. The van der Waals surface area contributed by atoms with Crippen LogP contribution in [-0.4, -0.2) is 7.05 Å². The topological polar surface area (TPSA) is 12.0 Å². The molecule has 2 rings (SSSR count). The lowest BCUT2D eigenvalue weighted by molar-refractivity contribution is 1.19. The fourth-order valence-corrected chi connectivity index (χ4v) is 1.73. The Bertz CT molecular complexity index is 445. The van der Waals surface area contributed by atoms with Gasteiger partial charge in [-0.2, -0.15) is 0 Å². The first-order chi connectivity index (χ1) is 7.78. The fraction of sp³-hybridized carbons (Fsp3) is 0.200. The van der Waals surface area contributed by atoms with Gasteiger partial charge >= 0.3 is 0 Å². The normalized spacial score (nSPS) is 10.1. The van der Waals surface area contributed by atoms with E-state index in [0.717, 1.165) is 12.1 Å². The third-order valence-corrected chi connectivity index (χ3v) is 2.77. The lowest BCUT2D eigenvalue weighted by Crippen LogP contribution is -1.90. The van der Waals surface area contributed by atoms with Crippen LogP contribution in [0, 0.1) is 6.92 Å². The number of nitrogens with one attached hydrogen (secondary N) is 1. The minimum atomic E-state index is 0. The lowest BCUT2D eigenvalue weighted by Gasteiger charge is -2.04. The summed E-state index contributed by atoms with van der Waals surface area (Å²) >= 11 is 0. The van der Waals surface area contributed by atoms with Crippen molar-refractivity contribution in [3.8, 4) is 0 Å². The third-order valence-electron chi connectivity index (χ3n) is 2.77. The second-order valence-electron chi connectivity index (χ2n) is 4.11. The van der Waals surface area contributed by atoms with E-state index in [1.54, 1.807) is 0 Å². The maximum atomic E-state index is 3.13. The highest BCUT2D eigenvalue weighted by molar-refractivity contribution is 5.44. The maximum Gasteiger partial charge on any atom is 0.0337 e. The van der Waals surface area contributed by atoms with Gasteiger partial charge in [0.05, 0.1) is 0 Å². The summed E-state index contributed by atoms with van der Waals surface area (Å²) in [5.41, 5.74) is 5.19. The molecule has 84 valence electrons. The Hall–Kier alpha value is -1.76. The van der Waals surface area contributed by atoms with Crippen LogP contribution in [0.25, 0.3) is 0 Å². The van der Waals surface area contributed by atoms with Crippen LogP contribution in [0.4, 0.5) is 5.69 Å². The summed E-state index contributed by atoms with van der Waals surface area (Å²) in [4.78, 5) is 0. The number of aryl methyl sites for hydroxylation is 1. The minimum Gasteiger partial charge on any atom is -0.388 e. The SMILES string of the molecule is CNc1ccc(Cc2ccc(C)cc2)cc1.[HH]. The van der Waals surface area contributed by atoms with Crippen molar-refractivity contribution >= 4 is 5.69 Å². The summed E-state index contributed by atoms with van der Waals surface area (Å²) in [7, 11) is 1.94. The smallest absolute Gasteiger partial charge is 0.0337 e. The van der Waals surface area contributed by atoms with Crippen molar-refractivity contribution in [2.24, 2.45) is 0 Å². The molecule has 0 atom stereocenters. The Balaban J connectivity index is 0.00000144. The molecule has 0 bridgehead atoms. The summed E-state index contributed by atoms with van der Waals surface area (Å²) < 4.78 is 0. The predicted octanol–water partition coefficient (Wildman–Crippen LogP) is 3.87. The summed E-state index contributed by atoms with van der Waals surface area (Å²) in [6.45, 7) is 2.12. The minimum absolute atomic E-state index is 0. The van der Waals surface area contributed by atoms with E-state index in [-0.39, 0.29) is 1.43 Å². The molecular formula is C15H19N. The van der Waals surface area contributed by atoms with E-state index in [1.807, 2.05) is 7.05 Å². The molecule has 1 heteroatoms. The molecule has 2 aromatic carbocycles. The zero-order chi connectivity index (χ0) is 11.4. The number of anilines is 1. The van der Waals surface area contributed by atoms with Crippen molar-refractivity contribution in [3.05, 3.63) is 65.2 Å². The van der Waals surface area contributed by atoms with Gasteiger partial charge in [-0.3, -0.25) is 0 Å². The molecule has 0 saturated carbocycles. The molecule has 0 saturated heterocycles. The summed E-state index contributed by atoms with van der Waals surface area (Å²) in [6, 6.07) is 17.3. The molecule has 0 aliphatic heterocycles. The first kappa shape index (κ1) is 10.7. The molecule has 0 unspecified atom stereocenters. The van der Waals surface area contributed by atoms with E-state index in [0.29, 0.717) is 0 Å². The highest BCUT2D eigenvalue weighted by Crippen LogP contribution is 2.13. The van der Waals surface area contributed by atoms with E-state index in [1.165, 1.54) is 16.7 Å². The molecule has 0 aromatic heterocycles. The largest absolute Gasteiger partial charge is 0.388 e. The van der Waals surface area contributed by atoms with Crippen molar-refractivity contribution in [1.29, 1.82) is 0 Å². The quantitative estimate of drug-likeness (QED) is 0.816. The highest BCUT2D eigenvalue weighted by atomic mass is 14.8. The van der Waals surface area contributed by atoms with E-state index >= 15 is 0 Å². The average Bonchev–Trinajstić information content (AvgIpc) is 2.33. The van der Waals surface area contributed by atoms with Crippen molar-refractivity contribution in [1.82, 2.24) is 0 Å². The van der Waals surface area contributed by atoms with Crippen LogP contribution in [0.15, 0.2) is 48.5 Å². The van der Waals surface area contributed by atoms with Crippen LogP contribution in [0.3, 0.4) is 0 Å². The Kier molecular flexibility index (Phi) is 3.25. The summed E-state index contributed by atoms with van der Waals surface area (Å²) in [6.07, 6.45) is 1.00. The van der Waals surface area contributed by atoms with Crippen molar-refractivity contribution in [2.45, 2.75) is 13.3 Å². The predicted molar refractivity (Wildman–Crippen MR) is 72.1 cm³/mol. The molecule has 0 amide bonds. The average molecular weight is 213 g/mol.